The van der Waals surface area contributed by atoms with E-state index in [1.165, 1.54) is 17.8 Å². The van der Waals surface area contributed by atoms with Gasteiger partial charge in [0.25, 0.3) is 0 Å². The Labute approximate surface area is 159 Å². The van der Waals surface area contributed by atoms with Crippen LogP contribution in [-0.4, -0.2) is 35.1 Å². The van der Waals surface area contributed by atoms with Gasteiger partial charge >= 0.3 is 0 Å². The molecule has 0 bridgehead atoms. The summed E-state index contributed by atoms with van der Waals surface area (Å²) in [5.74, 6) is 0.247. The predicted octanol–water partition coefficient (Wildman–Crippen LogP) is 2.34. The molecule has 3 aromatic rings. The molecule has 3 aromatic heterocycles. The molecular weight excluding hydrogens is 367 g/mol. The van der Waals surface area contributed by atoms with Crippen molar-refractivity contribution in [3.63, 3.8) is 0 Å². The average Bonchev–Trinajstić information content (AvgIpc) is 3.36. The molecule has 1 aliphatic heterocycles. The lowest BCUT2D eigenvalue weighted by Gasteiger charge is -2.15. The highest BCUT2D eigenvalue weighted by Gasteiger charge is 2.30. The number of hydrogen-bond acceptors (Lipinski definition) is 7. The molecule has 0 aliphatic carbocycles. The van der Waals surface area contributed by atoms with Crippen LogP contribution < -0.4 is 10.7 Å². The first-order chi connectivity index (χ1) is 13.0. The van der Waals surface area contributed by atoms with Gasteiger partial charge in [0.1, 0.15) is 10.9 Å². The molecule has 8 nitrogen and oxygen atoms in total. The maximum absolute atomic E-state index is 13.8. The van der Waals surface area contributed by atoms with Crippen LogP contribution in [0.2, 0.25) is 0 Å². The maximum Gasteiger partial charge on any atom is 0.173 e. The summed E-state index contributed by atoms with van der Waals surface area (Å²) in [6.45, 7) is 4.21. The average molecular weight is 386 g/mol. The van der Waals surface area contributed by atoms with Crippen molar-refractivity contribution in [3.8, 4) is 0 Å². The van der Waals surface area contributed by atoms with Crippen LogP contribution in [0.1, 0.15) is 24.4 Å². The molecule has 10 heteroatoms. The largest absolute Gasteiger partial charge is 0.301 e. The van der Waals surface area contributed by atoms with E-state index in [-0.39, 0.29) is 23.9 Å². The molecule has 1 aliphatic rings. The van der Waals surface area contributed by atoms with Gasteiger partial charge in [0.15, 0.2) is 11.3 Å². The minimum Gasteiger partial charge on any atom is -0.301 e. The summed E-state index contributed by atoms with van der Waals surface area (Å²) < 4.78 is 17.3. The number of thioether (sulfide) groups is 1. The quantitative estimate of drug-likeness (QED) is 0.724. The fourth-order valence-electron chi connectivity index (χ4n) is 2.74. The van der Waals surface area contributed by atoms with Gasteiger partial charge < -0.3 is 5.73 Å². The van der Waals surface area contributed by atoms with Crippen LogP contribution in [0.3, 0.4) is 0 Å². The van der Waals surface area contributed by atoms with Crippen LogP contribution in [0.15, 0.2) is 48.0 Å². The Morgan fingerprint density at radius 2 is 2.11 bits per heavy atom. The van der Waals surface area contributed by atoms with Crippen molar-refractivity contribution in [2.24, 2.45) is 10.8 Å². The molecule has 2 unspecified atom stereocenters. The zero-order valence-corrected chi connectivity index (χ0v) is 15.7. The number of anilines is 1. The molecule has 0 spiro atoms. The first-order valence-electron chi connectivity index (χ1n) is 8.46. The van der Waals surface area contributed by atoms with E-state index in [9.17, 15) is 4.39 Å². The normalized spacial score (nSPS) is 18.0. The Hall–Kier alpha value is -2.72. The molecule has 0 saturated heterocycles. The lowest BCUT2D eigenvalue weighted by molar-refractivity contribution is 0.570. The summed E-state index contributed by atoms with van der Waals surface area (Å²) in [7, 11) is 0. The summed E-state index contributed by atoms with van der Waals surface area (Å²) in [5.41, 5.74) is 7.13. The van der Waals surface area contributed by atoms with E-state index in [1.807, 2.05) is 30.8 Å². The van der Waals surface area contributed by atoms with Gasteiger partial charge in [-0.05, 0) is 32.0 Å². The monoisotopic (exact) mass is 386 g/mol. The fourth-order valence-corrected chi connectivity index (χ4v) is 3.68. The Bertz CT molecular complexity index is 981. The molecule has 27 heavy (non-hydrogen) atoms. The van der Waals surface area contributed by atoms with Gasteiger partial charge in [-0.15, -0.1) is 0 Å². The van der Waals surface area contributed by atoms with Gasteiger partial charge in [0.2, 0.25) is 0 Å². The number of nitrogens with zero attached hydrogens (tertiary/aromatic N) is 7. The number of hydrogen-bond donors (Lipinski definition) is 1. The van der Waals surface area contributed by atoms with E-state index >= 15 is 0 Å². The van der Waals surface area contributed by atoms with Gasteiger partial charge in [-0.3, -0.25) is 14.3 Å². The third-order valence-corrected chi connectivity index (χ3v) is 5.30. The zero-order chi connectivity index (χ0) is 19.0. The number of aryl methyl sites for hydroxylation is 1. The Morgan fingerprint density at radius 3 is 2.85 bits per heavy atom. The van der Waals surface area contributed by atoms with Crippen molar-refractivity contribution in [2.75, 3.05) is 5.01 Å². The van der Waals surface area contributed by atoms with Gasteiger partial charge in [-0.2, -0.15) is 15.3 Å². The van der Waals surface area contributed by atoms with Crippen molar-refractivity contribution in [1.82, 2.24) is 24.5 Å². The van der Waals surface area contributed by atoms with E-state index in [4.69, 9.17) is 5.73 Å². The van der Waals surface area contributed by atoms with E-state index < -0.39 is 0 Å². The summed E-state index contributed by atoms with van der Waals surface area (Å²) in [5, 5.41) is 16.0. The first kappa shape index (κ1) is 17.7. The van der Waals surface area contributed by atoms with Gasteiger partial charge in [-0.1, -0.05) is 11.8 Å². The number of halogens is 1. The second-order valence-corrected chi connectivity index (χ2v) is 7.34. The number of rotatable bonds is 5. The number of pyridine rings is 1. The molecule has 2 atom stereocenters. The molecule has 140 valence electrons. The molecule has 0 amide bonds. The second-order valence-electron chi connectivity index (χ2n) is 6.21. The van der Waals surface area contributed by atoms with Gasteiger partial charge in [-0.25, -0.2) is 9.40 Å². The Balaban J connectivity index is 1.52. The van der Waals surface area contributed by atoms with Crippen LogP contribution in [0.25, 0.3) is 0 Å². The third-order valence-electron chi connectivity index (χ3n) is 4.19. The molecule has 4 heterocycles. The number of hydrazone groups is 1. The van der Waals surface area contributed by atoms with Crippen LogP contribution >= 0.6 is 11.8 Å². The number of nitrogens with two attached hydrogens (primary N) is 1. The van der Waals surface area contributed by atoms with Crippen LogP contribution in [0.5, 0.6) is 0 Å². The van der Waals surface area contributed by atoms with E-state index in [0.717, 1.165) is 10.7 Å². The van der Waals surface area contributed by atoms with Crippen molar-refractivity contribution >= 4 is 22.6 Å². The SMILES string of the molecule is Cc1ccn(C(C)C2=NN(c3ccn(Cc4ncccc4F)n3)C(N)S2)n1. The molecule has 0 radical (unpaired) electrons. The van der Waals surface area contributed by atoms with Crippen molar-refractivity contribution in [2.45, 2.75) is 31.9 Å². The maximum atomic E-state index is 13.8. The standard InChI is InChI=1S/C17H19FN8S/c1-11-5-9-25(21-11)12(2)16-23-26(17(19)27-16)15-6-8-24(22-15)10-14-13(18)4-3-7-20-14/h3-9,12,17H,10,19H2,1-2H3. The highest BCUT2D eigenvalue weighted by Crippen LogP contribution is 2.31. The van der Waals surface area contributed by atoms with Gasteiger partial charge in [0, 0.05) is 24.7 Å². The number of aromatic nitrogens is 5. The van der Waals surface area contributed by atoms with E-state index in [1.54, 1.807) is 34.2 Å². The lowest BCUT2D eigenvalue weighted by Crippen LogP contribution is -2.32. The minimum absolute atomic E-state index is 0.0237. The summed E-state index contributed by atoms with van der Waals surface area (Å²) in [4.78, 5) is 4.05. The van der Waals surface area contributed by atoms with Crippen molar-refractivity contribution < 1.29 is 4.39 Å². The minimum atomic E-state index is -0.381. The summed E-state index contributed by atoms with van der Waals surface area (Å²) in [6.07, 6.45) is 5.24. The van der Waals surface area contributed by atoms with Crippen LogP contribution in [0, 0.1) is 12.7 Å². The topological polar surface area (TPSA) is 90.2 Å². The molecule has 2 N–H and O–H groups in total. The Morgan fingerprint density at radius 1 is 1.26 bits per heavy atom. The smallest absolute Gasteiger partial charge is 0.173 e. The van der Waals surface area contributed by atoms with Crippen molar-refractivity contribution in [3.05, 3.63) is 60.1 Å². The second kappa shape index (κ2) is 7.12. The third kappa shape index (κ3) is 3.58. The predicted molar refractivity (Wildman–Crippen MR) is 103 cm³/mol. The Kier molecular flexibility index (Phi) is 4.66. The molecule has 0 aromatic carbocycles. The lowest BCUT2D eigenvalue weighted by atomic mass is 10.3. The molecule has 4 rings (SSSR count). The van der Waals surface area contributed by atoms with Crippen molar-refractivity contribution in [1.29, 1.82) is 0 Å². The highest BCUT2D eigenvalue weighted by atomic mass is 32.2. The van der Waals surface area contributed by atoms with Gasteiger partial charge in [0.05, 0.1) is 24.0 Å². The summed E-state index contributed by atoms with van der Waals surface area (Å²) in [6, 6.07) is 6.68. The highest BCUT2D eigenvalue weighted by molar-refractivity contribution is 8.14. The van der Waals surface area contributed by atoms with E-state index in [0.29, 0.717) is 11.5 Å². The fraction of sp³-hybridized carbons (Fsp3) is 0.294. The molecule has 0 fully saturated rings. The first-order valence-corrected chi connectivity index (χ1v) is 9.34. The molecular formula is C17H19FN8S. The van der Waals surface area contributed by atoms with Crippen LogP contribution in [0.4, 0.5) is 10.2 Å². The van der Waals surface area contributed by atoms with E-state index in [2.05, 4.69) is 20.3 Å². The van der Waals surface area contributed by atoms with Crippen LogP contribution in [-0.2, 0) is 6.54 Å². The zero-order valence-electron chi connectivity index (χ0n) is 14.9. The summed E-state index contributed by atoms with van der Waals surface area (Å²) >= 11 is 1.47. The molecule has 0 saturated carbocycles.